The topological polar surface area (TPSA) is 66.6 Å². The van der Waals surface area contributed by atoms with Gasteiger partial charge in [0.15, 0.2) is 0 Å². The highest BCUT2D eigenvalue weighted by Gasteiger charge is 2.40. The van der Waals surface area contributed by atoms with Gasteiger partial charge in [0.2, 0.25) is 5.91 Å². The van der Waals surface area contributed by atoms with E-state index in [2.05, 4.69) is 0 Å². The van der Waals surface area contributed by atoms with Gasteiger partial charge in [0, 0.05) is 13.1 Å². The van der Waals surface area contributed by atoms with E-state index in [4.69, 9.17) is 5.73 Å². The molecule has 1 aliphatic heterocycles. The number of carbonyl (C=O) groups is 1. The molecule has 0 radical (unpaired) electrons. The molecule has 1 amide bonds. The van der Waals surface area contributed by atoms with Gasteiger partial charge in [0.1, 0.15) is 0 Å². The summed E-state index contributed by atoms with van der Waals surface area (Å²) >= 11 is 0. The number of amides is 1. The summed E-state index contributed by atoms with van der Waals surface area (Å²) in [6.07, 6.45) is 3.46. The Kier molecular flexibility index (Phi) is 2.04. The fourth-order valence-electron chi connectivity index (χ4n) is 2.02. The number of hydrogen-bond acceptors (Lipinski definition) is 3. The first-order valence-corrected chi connectivity index (χ1v) is 4.87. The molecule has 1 aliphatic carbocycles. The lowest BCUT2D eigenvalue weighted by Crippen LogP contribution is -2.49. The molecular formula is C9H16N2O2. The largest absolute Gasteiger partial charge is 0.388 e. The standard InChI is InChI=1S/C9H16N2O2/c10-7-2-5-11(8(7)12)6-9(13)3-1-4-9/h7,13H,1-6,10H2. The highest BCUT2D eigenvalue weighted by molar-refractivity contribution is 5.83. The zero-order chi connectivity index (χ0) is 9.47. The average Bonchev–Trinajstić information content (AvgIpc) is 2.33. The van der Waals surface area contributed by atoms with Crippen LogP contribution in [0.4, 0.5) is 0 Å². The van der Waals surface area contributed by atoms with Crippen LogP contribution in [0.3, 0.4) is 0 Å². The molecule has 2 fully saturated rings. The number of likely N-dealkylation sites (tertiary alicyclic amines) is 1. The van der Waals surface area contributed by atoms with Gasteiger partial charge in [-0.15, -0.1) is 0 Å². The molecule has 1 saturated heterocycles. The SMILES string of the molecule is NC1CCN(CC2(O)CCC2)C1=O. The van der Waals surface area contributed by atoms with Crippen molar-refractivity contribution in [3.05, 3.63) is 0 Å². The second kappa shape index (κ2) is 2.96. The van der Waals surface area contributed by atoms with Crippen LogP contribution in [0.1, 0.15) is 25.7 Å². The lowest BCUT2D eigenvalue weighted by Gasteiger charge is -2.39. The molecule has 1 heterocycles. The Morgan fingerprint density at radius 2 is 2.31 bits per heavy atom. The first kappa shape index (κ1) is 8.97. The Balaban J connectivity index is 1.92. The summed E-state index contributed by atoms with van der Waals surface area (Å²) in [5.74, 6) is 0.000301. The average molecular weight is 184 g/mol. The van der Waals surface area contributed by atoms with Gasteiger partial charge in [-0.2, -0.15) is 0 Å². The van der Waals surface area contributed by atoms with Crippen LogP contribution in [-0.4, -0.2) is 40.6 Å². The predicted molar refractivity (Wildman–Crippen MR) is 48.0 cm³/mol. The van der Waals surface area contributed by atoms with E-state index in [1.165, 1.54) is 0 Å². The zero-order valence-electron chi connectivity index (χ0n) is 7.70. The maximum atomic E-state index is 11.4. The third-order valence-electron chi connectivity index (χ3n) is 3.11. The van der Waals surface area contributed by atoms with Crippen molar-refractivity contribution in [3.8, 4) is 0 Å². The molecule has 13 heavy (non-hydrogen) atoms. The van der Waals surface area contributed by atoms with Gasteiger partial charge in [0.05, 0.1) is 11.6 Å². The lowest BCUT2D eigenvalue weighted by atomic mass is 9.80. The van der Waals surface area contributed by atoms with E-state index >= 15 is 0 Å². The summed E-state index contributed by atoms with van der Waals surface area (Å²) < 4.78 is 0. The van der Waals surface area contributed by atoms with E-state index in [1.807, 2.05) is 0 Å². The minimum atomic E-state index is -0.597. The van der Waals surface area contributed by atoms with Crippen LogP contribution in [0, 0.1) is 0 Å². The summed E-state index contributed by atoms with van der Waals surface area (Å²) in [5, 5.41) is 9.84. The fourth-order valence-corrected chi connectivity index (χ4v) is 2.02. The molecule has 0 aromatic rings. The summed E-state index contributed by atoms with van der Waals surface area (Å²) in [4.78, 5) is 13.1. The molecule has 3 N–H and O–H groups in total. The monoisotopic (exact) mass is 184 g/mol. The lowest BCUT2D eigenvalue weighted by molar-refractivity contribution is -0.134. The van der Waals surface area contributed by atoms with Crippen molar-refractivity contribution in [1.82, 2.24) is 4.90 Å². The number of nitrogens with zero attached hydrogens (tertiary/aromatic N) is 1. The van der Waals surface area contributed by atoms with Crippen LogP contribution < -0.4 is 5.73 Å². The molecule has 4 heteroatoms. The predicted octanol–water partition coefficient (Wildman–Crippen LogP) is -0.539. The second-order valence-corrected chi connectivity index (χ2v) is 4.23. The van der Waals surface area contributed by atoms with E-state index < -0.39 is 5.60 Å². The van der Waals surface area contributed by atoms with E-state index in [0.717, 1.165) is 25.7 Å². The van der Waals surface area contributed by atoms with Crippen molar-refractivity contribution in [2.45, 2.75) is 37.3 Å². The normalized spacial score (nSPS) is 32.0. The number of rotatable bonds is 2. The Bertz CT molecular complexity index is 226. The highest BCUT2D eigenvalue weighted by Crippen LogP contribution is 2.33. The molecule has 74 valence electrons. The molecule has 0 aromatic carbocycles. The number of hydrogen-bond donors (Lipinski definition) is 2. The highest BCUT2D eigenvalue weighted by atomic mass is 16.3. The molecule has 1 atom stereocenters. The van der Waals surface area contributed by atoms with Gasteiger partial charge in [0.25, 0.3) is 0 Å². The molecule has 1 unspecified atom stereocenters. The van der Waals surface area contributed by atoms with Crippen molar-refractivity contribution in [2.24, 2.45) is 5.73 Å². The van der Waals surface area contributed by atoms with Gasteiger partial charge >= 0.3 is 0 Å². The molecule has 2 rings (SSSR count). The molecule has 1 saturated carbocycles. The van der Waals surface area contributed by atoms with Crippen molar-refractivity contribution < 1.29 is 9.90 Å². The molecule has 0 spiro atoms. The van der Waals surface area contributed by atoms with E-state index in [1.54, 1.807) is 4.90 Å². The molecular weight excluding hydrogens is 168 g/mol. The molecule has 0 bridgehead atoms. The van der Waals surface area contributed by atoms with Gasteiger partial charge in [-0.25, -0.2) is 0 Å². The quantitative estimate of drug-likeness (QED) is 0.605. The maximum Gasteiger partial charge on any atom is 0.239 e. The molecule has 2 aliphatic rings. The smallest absolute Gasteiger partial charge is 0.239 e. The van der Waals surface area contributed by atoms with Crippen LogP contribution >= 0.6 is 0 Å². The first-order chi connectivity index (χ1) is 6.11. The summed E-state index contributed by atoms with van der Waals surface area (Å²) in [6.45, 7) is 1.20. The van der Waals surface area contributed by atoms with Crippen molar-refractivity contribution in [3.63, 3.8) is 0 Å². The third-order valence-corrected chi connectivity index (χ3v) is 3.11. The van der Waals surface area contributed by atoms with Crippen molar-refractivity contribution >= 4 is 5.91 Å². The first-order valence-electron chi connectivity index (χ1n) is 4.87. The zero-order valence-corrected chi connectivity index (χ0v) is 7.70. The van der Waals surface area contributed by atoms with Gasteiger partial charge in [-0.05, 0) is 25.7 Å². The van der Waals surface area contributed by atoms with Gasteiger partial charge in [-0.1, -0.05) is 0 Å². The van der Waals surface area contributed by atoms with E-state index in [9.17, 15) is 9.90 Å². The van der Waals surface area contributed by atoms with Gasteiger partial charge < -0.3 is 15.7 Å². The van der Waals surface area contributed by atoms with E-state index in [-0.39, 0.29) is 11.9 Å². The second-order valence-electron chi connectivity index (χ2n) is 4.23. The van der Waals surface area contributed by atoms with Crippen molar-refractivity contribution in [2.75, 3.05) is 13.1 Å². The van der Waals surface area contributed by atoms with Gasteiger partial charge in [-0.3, -0.25) is 4.79 Å². The number of β-amino-alcohol motifs (C(OH)–C–C–N with tert-alkyl or cyclic N) is 1. The Morgan fingerprint density at radius 3 is 2.69 bits per heavy atom. The number of carbonyl (C=O) groups excluding carboxylic acids is 1. The summed E-state index contributed by atoms with van der Waals surface area (Å²) in [7, 11) is 0. The van der Waals surface area contributed by atoms with Crippen LogP contribution in [0.15, 0.2) is 0 Å². The fraction of sp³-hybridized carbons (Fsp3) is 0.889. The molecule has 0 aromatic heterocycles. The third kappa shape index (κ3) is 1.56. The van der Waals surface area contributed by atoms with Crippen LogP contribution in [0.25, 0.3) is 0 Å². The van der Waals surface area contributed by atoms with Crippen LogP contribution in [-0.2, 0) is 4.79 Å². The van der Waals surface area contributed by atoms with Crippen molar-refractivity contribution in [1.29, 1.82) is 0 Å². The summed E-state index contributed by atoms with van der Waals surface area (Å²) in [5.41, 5.74) is 4.98. The Morgan fingerprint density at radius 1 is 1.62 bits per heavy atom. The number of aliphatic hydroxyl groups is 1. The van der Waals surface area contributed by atoms with E-state index in [0.29, 0.717) is 13.1 Å². The summed E-state index contributed by atoms with van der Waals surface area (Å²) in [6, 6.07) is -0.330. The Labute approximate surface area is 77.7 Å². The van der Waals surface area contributed by atoms with Crippen LogP contribution in [0.2, 0.25) is 0 Å². The minimum absolute atomic E-state index is 0.000301. The minimum Gasteiger partial charge on any atom is -0.388 e. The maximum absolute atomic E-state index is 11.4. The Hall–Kier alpha value is -0.610. The van der Waals surface area contributed by atoms with Crippen LogP contribution in [0.5, 0.6) is 0 Å². The molecule has 4 nitrogen and oxygen atoms in total. The number of nitrogens with two attached hydrogens (primary N) is 1.